The number of rotatable bonds is 2. The van der Waals surface area contributed by atoms with Crippen LogP contribution in [0.5, 0.6) is 0 Å². The second kappa shape index (κ2) is 13.6. The van der Waals surface area contributed by atoms with E-state index in [1.807, 2.05) is 13.8 Å². The standard InChI is InChI=1S/2C7H8O2S.2H2O.Zn/c2*1-6-2-4-7(5-3-6)10(8)9;;;/h2*2-5H,1H3,(H,8,9);2*1H2;/q;;;;+2/p-2. The van der Waals surface area contributed by atoms with E-state index in [9.17, 15) is 17.5 Å². The Morgan fingerprint density at radius 3 is 1.04 bits per heavy atom. The van der Waals surface area contributed by atoms with Crippen LogP contribution < -0.4 is 0 Å². The maximum absolute atomic E-state index is 10.3. The van der Waals surface area contributed by atoms with Crippen molar-refractivity contribution in [2.24, 2.45) is 0 Å². The molecule has 23 heavy (non-hydrogen) atoms. The molecule has 0 aliphatic carbocycles. The largest absolute Gasteiger partial charge is 2.00 e. The topological polar surface area (TPSA) is 143 Å². The van der Waals surface area contributed by atoms with Gasteiger partial charge in [0, 0.05) is 9.79 Å². The van der Waals surface area contributed by atoms with Crippen LogP contribution in [0.15, 0.2) is 58.3 Å². The monoisotopic (exact) mass is 410 g/mol. The van der Waals surface area contributed by atoms with Crippen LogP contribution >= 0.6 is 0 Å². The van der Waals surface area contributed by atoms with Crippen molar-refractivity contribution < 1.29 is 48.0 Å². The summed E-state index contributed by atoms with van der Waals surface area (Å²) in [6.45, 7) is 3.83. The van der Waals surface area contributed by atoms with Crippen molar-refractivity contribution in [3.8, 4) is 0 Å². The van der Waals surface area contributed by atoms with Crippen molar-refractivity contribution in [1.29, 1.82) is 0 Å². The molecule has 0 aliphatic rings. The number of hydrogen-bond donors (Lipinski definition) is 0. The normalized spacial score (nSPS) is 11.3. The molecule has 6 nitrogen and oxygen atoms in total. The van der Waals surface area contributed by atoms with Crippen LogP contribution in [0.3, 0.4) is 0 Å². The van der Waals surface area contributed by atoms with Gasteiger partial charge in [-0.1, -0.05) is 35.4 Å². The van der Waals surface area contributed by atoms with E-state index in [4.69, 9.17) is 0 Å². The van der Waals surface area contributed by atoms with Crippen LogP contribution in [-0.4, -0.2) is 28.5 Å². The Bertz CT molecular complexity index is 546. The fourth-order valence-corrected chi connectivity index (χ4v) is 2.02. The molecule has 2 unspecified atom stereocenters. The van der Waals surface area contributed by atoms with E-state index in [1.165, 1.54) is 0 Å². The minimum atomic E-state index is -2.09. The maximum atomic E-state index is 10.3. The zero-order valence-corrected chi connectivity index (χ0v) is 17.4. The molecular formula is C14H18O6S2Zn. The SMILES string of the molecule is Cc1ccc(S(=O)[O-])cc1.Cc1ccc(S(=O)[O-])cc1.O.O.[Zn+2]. The van der Waals surface area contributed by atoms with Gasteiger partial charge < -0.3 is 20.1 Å². The number of hydrogen-bond acceptors (Lipinski definition) is 4. The fraction of sp³-hybridized carbons (Fsp3) is 0.143. The van der Waals surface area contributed by atoms with E-state index in [1.54, 1.807) is 48.5 Å². The Hall–Kier alpha value is -0.797. The van der Waals surface area contributed by atoms with Crippen molar-refractivity contribution in [1.82, 2.24) is 0 Å². The molecule has 0 spiro atoms. The molecule has 0 radical (unpaired) electrons. The zero-order chi connectivity index (χ0) is 15.1. The number of aryl methyl sites for hydroxylation is 2. The minimum absolute atomic E-state index is 0. The Balaban J connectivity index is -0.000000308. The van der Waals surface area contributed by atoms with E-state index in [-0.39, 0.29) is 30.4 Å². The van der Waals surface area contributed by atoms with E-state index in [2.05, 4.69) is 0 Å². The third kappa shape index (κ3) is 10.6. The Morgan fingerprint density at radius 2 is 0.870 bits per heavy atom. The van der Waals surface area contributed by atoms with Gasteiger partial charge in [-0.3, -0.25) is 8.42 Å². The Kier molecular flexibility index (Phi) is 16.0. The molecule has 2 atom stereocenters. The van der Waals surface area contributed by atoms with Crippen molar-refractivity contribution in [3.05, 3.63) is 59.7 Å². The van der Waals surface area contributed by atoms with E-state index in [0.29, 0.717) is 9.79 Å². The van der Waals surface area contributed by atoms with E-state index < -0.39 is 22.2 Å². The minimum Gasteiger partial charge on any atom is -0.768 e. The summed E-state index contributed by atoms with van der Waals surface area (Å²) < 4.78 is 41.2. The second-order valence-corrected chi connectivity index (χ2v) is 5.98. The van der Waals surface area contributed by atoms with Crippen molar-refractivity contribution in [2.45, 2.75) is 23.6 Å². The second-order valence-electron chi connectivity index (χ2n) is 4.10. The predicted molar refractivity (Wildman–Crippen MR) is 84.0 cm³/mol. The van der Waals surface area contributed by atoms with Crippen LogP contribution in [0.2, 0.25) is 0 Å². The van der Waals surface area contributed by atoms with Crippen LogP contribution in [-0.2, 0) is 41.6 Å². The molecule has 2 rings (SSSR count). The van der Waals surface area contributed by atoms with Crippen molar-refractivity contribution >= 4 is 22.2 Å². The first kappa shape index (κ1) is 27.1. The molecule has 0 saturated carbocycles. The summed E-state index contributed by atoms with van der Waals surface area (Å²) in [6.07, 6.45) is 0. The Labute approximate surface area is 153 Å². The Morgan fingerprint density at radius 1 is 0.652 bits per heavy atom. The average Bonchev–Trinajstić information content (AvgIpc) is 2.40. The molecule has 124 valence electrons. The average molecular weight is 412 g/mol. The van der Waals surface area contributed by atoms with Crippen molar-refractivity contribution in [2.75, 3.05) is 0 Å². The maximum Gasteiger partial charge on any atom is 2.00 e. The first-order valence-electron chi connectivity index (χ1n) is 5.72. The summed E-state index contributed by atoms with van der Waals surface area (Å²) in [5, 5.41) is 0. The molecule has 0 aliphatic heterocycles. The summed E-state index contributed by atoms with van der Waals surface area (Å²) in [4.78, 5) is 0.677. The van der Waals surface area contributed by atoms with Crippen LogP contribution in [0.1, 0.15) is 11.1 Å². The third-order valence-electron chi connectivity index (χ3n) is 2.43. The molecule has 0 aromatic heterocycles. The van der Waals surface area contributed by atoms with Gasteiger partial charge in [0.25, 0.3) is 0 Å². The molecule has 0 heterocycles. The number of benzene rings is 2. The summed E-state index contributed by atoms with van der Waals surface area (Å²) >= 11 is -4.17. The van der Waals surface area contributed by atoms with Crippen LogP contribution in [0.4, 0.5) is 0 Å². The van der Waals surface area contributed by atoms with Gasteiger partial charge in [-0.2, -0.15) is 0 Å². The fourth-order valence-electron chi connectivity index (χ4n) is 1.30. The predicted octanol–water partition coefficient (Wildman–Crippen LogP) is 0.814. The summed E-state index contributed by atoms with van der Waals surface area (Å²) in [6, 6.07) is 13.4. The van der Waals surface area contributed by atoms with Crippen molar-refractivity contribution in [3.63, 3.8) is 0 Å². The third-order valence-corrected chi connectivity index (χ3v) is 3.74. The van der Waals surface area contributed by atoms with Gasteiger partial charge in [0.2, 0.25) is 0 Å². The van der Waals surface area contributed by atoms with Crippen LogP contribution in [0, 0.1) is 13.8 Å². The van der Waals surface area contributed by atoms with Gasteiger partial charge in [-0.15, -0.1) is 0 Å². The van der Waals surface area contributed by atoms with Crippen LogP contribution in [0.25, 0.3) is 0 Å². The molecule has 2 aromatic rings. The summed E-state index contributed by atoms with van der Waals surface area (Å²) in [5.74, 6) is 0. The summed E-state index contributed by atoms with van der Waals surface area (Å²) in [5.41, 5.74) is 2.13. The smallest absolute Gasteiger partial charge is 0.768 e. The molecular weight excluding hydrogens is 394 g/mol. The molecule has 0 saturated heterocycles. The van der Waals surface area contributed by atoms with E-state index in [0.717, 1.165) is 11.1 Å². The van der Waals surface area contributed by atoms with Gasteiger partial charge in [-0.25, -0.2) is 0 Å². The molecule has 0 fully saturated rings. The quantitative estimate of drug-likeness (QED) is 0.532. The summed E-state index contributed by atoms with van der Waals surface area (Å²) in [7, 11) is 0. The van der Waals surface area contributed by atoms with Gasteiger partial charge in [0.1, 0.15) is 0 Å². The molecule has 9 heteroatoms. The van der Waals surface area contributed by atoms with Gasteiger partial charge >= 0.3 is 19.5 Å². The first-order chi connectivity index (χ1) is 9.40. The molecule has 0 bridgehead atoms. The van der Waals surface area contributed by atoms with Gasteiger partial charge in [-0.05, 0) is 60.3 Å². The van der Waals surface area contributed by atoms with Gasteiger partial charge in [0.05, 0.1) is 0 Å². The zero-order valence-electron chi connectivity index (χ0n) is 12.8. The first-order valence-corrected chi connectivity index (χ1v) is 7.87. The molecule has 4 N–H and O–H groups in total. The molecule has 0 amide bonds. The molecule has 2 aromatic carbocycles. The van der Waals surface area contributed by atoms with E-state index >= 15 is 0 Å². The van der Waals surface area contributed by atoms with Gasteiger partial charge in [0.15, 0.2) is 0 Å².